The van der Waals surface area contributed by atoms with Crippen LogP contribution in [0.5, 0.6) is 0 Å². The van der Waals surface area contributed by atoms with Crippen molar-refractivity contribution in [2.75, 3.05) is 10.6 Å². The molecule has 3 rings (SSSR count). The van der Waals surface area contributed by atoms with Gasteiger partial charge in [0.15, 0.2) is 0 Å². The molecule has 2 aromatic carbocycles. The van der Waals surface area contributed by atoms with E-state index in [0.717, 1.165) is 16.8 Å². The van der Waals surface area contributed by atoms with E-state index in [1.165, 1.54) is 18.5 Å². The molecule has 0 saturated carbocycles. The van der Waals surface area contributed by atoms with E-state index in [-0.39, 0.29) is 17.3 Å². The molecule has 126 valence electrons. The first kappa shape index (κ1) is 16.6. The highest BCUT2D eigenvalue weighted by Crippen LogP contribution is 2.20. The summed E-state index contributed by atoms with van der Waals surface area (Å²) in [7, 11) is 0. The molecule has 2 N–H and O–H groups in total. The largest absolute Gasteiger partial charge is 0.338 e. The van der Waals surface area contributed by atoms with E-state index in [9.17, 15) is 9.18 Å². The Morgan fingerprint density at radius 1 is 1.00 bits per heavy atom. The summed E-state index contributed by atoms with van der Waals surface area (Å²) in [6.45, 7) is 3.92. The third-order valence-corrected chi connectivity index (χ3v) is 3.89. The summed E-state index contributed by atoms with van der Waals surface area (Å²) >= 11 is 0. The molecule has 0 aliphatic heterocycles. The molecule has 0 unspecified atom stereocenters. The Morgan fingerprint density at radius 3 is 2.56 bits per heavy atom. The fourth-order valence-corrected chi connectivity index (χ4v) is 2.32. The minimum absolute atomic E-state index is 0.190. The number of amides is 1. The molecule has 0 atom stereocenters. The van der Waals surface area contributed by atoms with Crippen molar-refractivity contribution in [3.8, 4) is 0 Å². The number of carbonyl (C=O) groups is 1. The number of aryl methyl sites for hydroxylation is 1. The van der Waals surface area contributed by atoms with Crippen LogP contribution in [-0.2, 0) is 0 Å². The molecule has 0 aliphatic rings. The summed E-state index contributed by atoms with van der Waals surface area (Å²) in [5, 5.41) is 5.68. The van der Waals surface area contributed by atoms with Crippen LogP contribution in [0.2, 0.25) is 0 Å². The van der Waals surface area contributed by atoms with E-state index >= 15 is 0 Å². The summed E-state index contributed by atoms with van der Waals surface area (Å²) in [4.78, 5) is 20.5. The van der Waals surface area contributed by atoms with Gasteiger partial charge in [-0.2, -0.15) is 0 Å². The van der Waals surface area contributed by atoms with Gasteiger partial charge in [-0.05, 0) is 43.2 Å². The van der Waals surface area contributed by atoms with Gasteiger partial charge in [-0.15, -0.1) is 0 Å². The fraction of sp³-hybridized carbons (Fsp3) is 0.105. The molecule has 0 fully saturated rings. The first-order chi connectivity index (χ1) is 12.0. The predicted molar refractivity (Wildman–Crippen MR) is 95.6 cm³/mol. The van der Waals surface area contributed by atoms with Gasteiger partial charge in [-0.1, -0.05) is 24.3 Å². The number of para-hydroxylation sites is 1. The minimum Gasteiger partial charge on any atom is -0.338 e. The number of carbonyl (C=O) groups excluding carboxylic acids is 1. The van der Waals surface area contributed by atoms with Crippen molar-refractivity contribution in [1.82, 2.24) is 9.97 Å². The average molecular weight is 336 g/mol. The monoisotopic (exact) mass is 336 g/mol. The first-order valence-electron chi connectivity index (χ1n) is 7.76. The third kappa shape index (κ3) is 3.80. The zero-order valence-corrected chi connectivity index (χ0v) is 13.9. The Hall–Kier alpha value is -3.28. The molecule has 1 aromatic heterocycles. The summed E-state index contributed by atoms with van der Waals surface area (Å²) in [6, 6.07) is 13.4. The van der Waals surface area contributed by atoms with Crippen LogP contribution < -0.4 is 10.6 Å². The first-order valence-corrected chi connectivity index (χ1v) is 7.76. The van der Waals surface area contributed by atoms with E-state index < -0.39 is 5.82 Å². The summed E-state index contributed by atoms with van der Waals surface area (Å²) in [5.41, 5.74) is 3.28. The van der Waals surface area contributed by atoms with Crippen molar-refractivity contribution >= 4 is 23.1 Å². The lowest BCUT2D eigenvalue weighted by molar-refractivity contribution is 0.102. The van der Waals surface area contributed by atoms with E-state index in [4.69, 9.17) is 0 Å². The van der Waals surface area contributed by atoms with Crippen LogP contribution >= 0.6 is 0 Å². The SMILES string of the molecule is Cc1cccc(NC(=O)c2cc(Nc3ccccc3F)ncn2)c1C. The van der Waals surface area contributed by atoms with Crippen LogP contribution in [0.25, 0.3) is 0 Å². The van der Waals surface area contributed by atoms with Crippen LogP contribution in [0.1, 0.15) is 21.6 Å². The van der Waals surface area contributed by atoms with Crippen molar-refractivity contribution in [3.05, 3.63) is 77.5 Å². The lowest BCUT2D eigenvalue weighted by Crippen LogP contribution is -2.15. The second kappa shape index (κ2) is 7.09. The van der Waals surface area contributed by atoms with Gasteiger partial charge < -0.3 is 10.6 Å². The Balaban J connectivity index is 1.80. The lowest BCUT2D eigenvalue weighted by Gasteiger charge is -2.11. The van der Waals surface area contributed by atoms with Crippen LogP contribution in [0.3, 0.4) is 0 Å². The number of halogens is 1. The predicted octanol–water partition coefficient (Wildman–Crippen LogP) is 4.23. The van der Waals surface area contributed by atoms with E-state index in [2.05, 4.69) is 20.6 Å². The van der Waals surface area contributed by atoms with Gasteiger partial charge in [0.05, 0.1) is 5.69 Å². The van der Waals surface area contributed by atoms with E-state index in [0.29, 0.717) is 5.82 Å². The highest BCUT2D eigenvalue weighted by atomic mass is 19.1. The van der Waals surface area contributed by atoms with Crippen molar-refractivity contribution in [1.29, 1.82) is 0 Å². The second-order valence-corrected chi connectivity index (χ2v) is 5.59. The number of nitrogens with one attached hydrogen (secondary N) is 2. The second-order valence-electron chi connectivity index (χ2n) is 5.59. The lowest BCUT2D eigenvalue weighted by atomic mass is 10.1. The van der Waals surface area contributed by atoms with Crippen molar-refractivity contribution in [2.45, 2.75) is 13.8 Å². The maximum absolute atomic E-state index is 13.7. The molecule has 6 heteroatoms. The Morgan fingerprint density at radius 2 is 1.76 bits per heavy atom. The number of hydrogen-bond acceptors (Lipinski definition) is 4. The van der Waals surface area contributed by atoms with Crippen LogP contribution in [0, 0.1) is 19.7 Å². The number of benzene rings is 2. The Bertz CT molecular complexity index is 927. The number of nitrogens with zero attached hydrogens (tertiary/aromatic N) is 2. The number of rotatable bonds is 4. The highest BCUT2D eigenvalue weighted by molar-refractivity contribution is 6.03. The molecule has 3 aromatic rings. The van der Waals surface area contributed by atoms with Crippen molar-refractivity contribution in [2.24, 2.45) is 0 Å². The molecule has 1 heterocycles. The van der Waals surface area contributed by atoms with Gasteiger partial charge in [0.1, 0.15) is 23.7 Å². The standard InChI is InChI=1S/C19H17FN4O/c1-12-6-5-9-15(13(12)2)24-19(25)17-10-18(22-11-21-17)23-16-8-4-3-7-14(16)20/h3-11H,1-2H3,(H,24,25)(H,21,22,23). The molecule has 0 spiro atoms. The third-order valence-electron chi connectivity index (χ3n) is 3.89. The summed E-state index contributed by atoms with van der Waals surface area (Å²) < 4.78 is 13.7. The molecule has 0 bridgehead atoms. The van der Waals surface area contributed by atoms with Gasteiger partial charge in [-0.25, -0.2) is 14.4 Å². The molecule has 0 saturated heterocycles. The molecule has 5 nitrogen and oxygen atoms in total. The average Bonchev–Trinajstić information content (AvgIpc) is 2.61. The van der Waals surface area contributed by atoms with Crippen LogP contribution in [-0.4, -0.2) is 15.9 Å². The molecule has 25 heavy (non-hydrogen) atoms. The van der Waals surface area contributed by atoms with E-state index in [1.54, 1.807) is 18.2 Å². The summed E-state index contributed by atoms with van der Waals surface area (Å²) in [5.74, 6) is -0.415. The topological polar surface area (TPSA) is 66.9 Å². The normalized spacial score (nSPS) is 10.4. The van der Waals surface area contributed by atoms with Crippen LogP contribution in [0.4, 0.5) is 21.6 Å². The van der Waals surface area contributed by atoms with Crippen molar-refractivity contribution < 1.29 is 9.18 Å². The number of hydrogen-bond donors (Lipinski definition) is 2. The maximum atomic E-state index is 13.7. The molecular formula is C19H17FN4O. The van der Waals surface area contributed by atoms with Gasteiger partial charge >= 0.3 is 0 Å². The van der Waals surface area contributed by atoms with Crippen molar-refractivity contribution in [3.63, 3.8) is 0 Å². The van der Waals surface area contributed by atoms with Gasteiger partial charge in [0.2, 0.25) is 0 Å². The van der Waals surface area contributed by atoms with Gasteiger partial charge in [-0.3, -0.25) is 4.79 Å². The van der Waals surface area contributed by atoms with Gasteiger partial charge in [0.25, 0.3) is 5.91 Å². The highest BCUT2D eigenvalue weighted by Gasteiger charge is 2.12. The number of aromatic nitrogens is 2. The smallest absolute Gasteiger partial charge is 0.274 e. The molecular weight excluding hydrogens is 319 g/mol. The quantitative estimate of drug-likeness (QED) is 0.748. The zero-order chi connectivity index (χ0) is 17.8. The summed E-state index contributed by atoms with van der Waals surface area (Å²) in [6.07, 6.45) is 1.27. The van der Waals surface area contributed by atoms with Crippen LogP contribution in [0.15, 0.2) is 54.9 Å². The fourth-order valence-electron chi connectivity index (χ4n) is 2.32. The molecule has 0 aliphatic carbocycles. The number of anilines is 3. The molecule has 0 radical (unpaired) electrons. The Kier molecular flexibility index (Phi) is 4.70. The van der Waals surface area contributed by atoms with Gasteiger partial charge in [0, 0.05) is 11.8 Å². The maximum Gasteiger partial charge on any atom is 0.274 e. The minimum atomic E-state index is -0.400. The van der Waals surface area contributed by atoms with E-state index in [1.807, 2.05) is 32.0 Å². The zero-order valence-electron chi connectivity index (χ0n) is 13.9. The Labute approximate surface area is 145 Å². The molecule has 1 amide bonds.